The lowest BCUT2D eigenvalue weighted by atomic mass is 9.97. The molecule has 0 saturated carbocycles. The fraction of sp³-hybridized carbons (Fsp3) is 0.424. The first kappa shape index (κ1) is 29.4. The topological polar surface area (TPSA) is 117 Å². The van der Waals surface area contributed by atoms with Crippen LogP contribution >= 0.6 is 0 Å². The van der Waals surface area contributed by atoms with Crippen LogP contribution < -0.4 is 16.0 Å². The molecule has 1 aromatic carbocycles. The number of anilines is 2. The van der Waals surface area contributed by atoms with Crippen molar-refractivity contribution in [3.8, 4) is 16.9 Å². The van der Waals surface area contributed by atoms with E-state index < -0.39 is 5.92 Å². The van der Waals surface area contributed by atoms with Crippen LogP contribution in [0.15, 0.2) is 60.1 Å². The number of hydrogen-bond donors (Lipinski definition) is 3. The van der Waals surface area contributed by atoms with Crippen molar-refractivity contribution in [3.05, 3.63) is 66.2 Å². The number of aromatic nitrogens is 3. The molecule has 3 saturated heterocycles. The van der Waals surface area contributed by atoms with E-state index in [2.05, 4.69) is 21.3 Å². The molecule has 6 heterocycles. The van der Waals surface area contributed by atoms with Gasteiger partial charge in [-0.05, 0) is 61.6 Å². The number of rotatable bonds is 8. The number of benzene rings is 1. The van der Waals surface area contributed by atoms with Gasteiger partial charge in [0, 0.05) is 61.1 Å². The molecule has 45 heavy (non-hydrogen) atoms. The number of likely N-dealkylation sites (tertiary alicyclic amines) is 1. The van der Waals surface area contributed by atoms with Gasteiger partial charge in [-0.25, -0.2) is 18.3 Å². The molecule has 3 aliphatic heterocycles. The van der Waals surface area contributed by atoms with Crippen molar-refractivity contribution in [2.75, 3.05) is 49.6 Å². The van der Waals surface area contributed by atoms with Gasteiger partial charge >= 0.3 is 0 Å². The second-order valence-electron chi connectivity index (χ2n) is 12.2. The predicted molar refractivity (Wildman–Crippen MR) is 171 cm³/mol. The second kappa shape index (κ2) is 11.9. The number of ether oxygens (including phenoxy) is 1. The highest BCUT2D eigenvalue weighted by Crippen LogP contribution is 2.37. The lowest BCUT2D eigenvalue weighted by Crippen LogP contribution is -2.61. The van der Waals surface area contributed by atoms with E-state index in [0.717, 1.165) is 65.9 Å². The summed E-state index contributed by atoms with van der Waals surface area (Å²) >= 11 is 0. The molecule has 4 aromatic rings. The third-order valence-electron chi connectivity index (χ3n) is 9.18. The molecule has 12 heteroatoms. The first-order valence-electron chi connectivity index (χ1n) is 15.6. The third-order valence-corrected chi connectivity index (χ3v) is 9.18. The van der Waals surface area contributed by atoms with Crippen LogP contribution in [-0.2, 0) is 11.2 Å². The highest BCUT2D eigenvalue weighted by atomic mass is 19.3. The molecule has 3 fully saturated rings. The molecule has 7 rings (SSSR count). The van der Waals surface area contributed by atoms with Crippen LogP contribution in [0.2, 0.25) is 0 Å². The van der Waals surface area contributed by atoms with E-state index in [1.54, 1.807) is 30.6 Å². The van der Waals surface area contributed by atoms with Gasteiger partial charge in [-0.3, -0.25) is 9.88 Å². The van der Waals surface area contributed by atoms with E-state index in [-0.39, 0.29) is 30.9 Å². The molecular weight excluding hydrogens is 578 g/mol. The number of hydrogen-bond acceptors (Lipinski definition) is 8. The molecule has 0 bridgehead atoms. The highest BCUT2D eigenvalue weighted by Gasteiger charge is 2.47. The fourth-order valence-corrected chi connectivity index (χ4v) is 6.72. The normalized spacial score (nSPS) is 20.9. The third kappa shape index (κ3) is 5.91. The number of aryl methyl sites for hydroxylation is 1. The zero-order chi connectivity index (χ0) is 31.1. The van der Waals surface area contributed by atoms with Gasteiger partial charge in [0.05, 0.1) is 54.4 Å². The SMILES string of the molecule is CCc1cc(O)ccc1N=C(N)c1cnn2cc(-c3cnccc3N3CCC(N4CC(F)(F)C4)CC3)cc2c1N[C@@H]1CCOC1. The summed E-state index contributed by atoms with van der Waals surface area (Å²) in [5.74, 6) is -2.03. The summed E-state index contributed by atoms with van der Waals surface area (Å²) in [6, 6.07) is 9.51. The number of pyridine rings is 1. The number of phenols is 1. The number of alkyl halides is 2. The van der Waals surface area contributed by atoms with Crippen LogP contribution in [0.4, 0.5) is 25.8 Å². The van der Waals surface area contributed by atoms with E-state index in [0.29, 0.717) is 36.7 Å². The van der Waals surface area contributed by atoms with Gasteiger partial charge in [0.1, 0.15) is 11.6 Å². The Hall–Kier alpha value is -4.29. The Bertz CT molecular complexity index is 1720. The molecule has 1 atom stereocenters. The number of nitrogens with zero attached hydrogens (tertiary/aromatic N) is 6. The van der Waals surface area contributed by atoms with Gasteiger partial charge in [0.15, 0.2) is 0 Å². The van der Waals surface area contributed by atoms with Crippen molar-refractivity contribution in [1.29, 1.82) is 0 Å². The van der Waals surface area contributed by atoms with Gasteiger partial charge < -0.3 is 25.8 Å². The van der Waals surface area contributed by atoms with Crippen molar-refractivity contribution in [3.63, 3.8) is 0 Å². The molecule has 4 N–H and O–H groups in total. The molecule has 3 aliphatic rings. The summed E-state index contributed by atoms with van der Waals surface area (Å²) in [6.45, 7) is 4.61. The van der Waals surface area contributed by atoms with E-state index >= 15 is 0 Å². The standard InChI is InChI=1S/C33H38F2N8O2/c1-2-21-13-25(44)3-4-28(21)40-32(36)27-16-38-43-17-22(14-30(43)31(27)39-23-8-12-45-18-23)26-15-37-9-5-29(26)41-10-6-24(7-11-41)42-19-33(34,35)20-42/h3-5,9,13-17,23-24,39,44H,2,6-8,10-12,18-20H2,1H3,(H2,36,40)/t23-/m1/s1. The summed E-state index contributed by atoms with van der Waals surface area (Å²) < 4.78 is 34.4. The lowest BCUT2D eigenvalue weighted by Gasteiger charge is -2.47. The monoisotopic (exact) mass is 616 g/mol. The van der Waals surface area contributed by atoms with Crippen LogP contribution in [0, 0.1) is 0 Å². The Morgan fingerprint density at radius 1 is 1.16 bits per heavy atom. The number of halogens is 2. The molecule has 0 unspecified atom stereocenters. The number of nitrogens with one attached hydrogen (secondary N) is 1. The number of aliphatic imine (C=N–C) groups is 1. The summed E-state index contributed by atoms with van der Waals surface area (Å²) in [4.78, 5) is 13.5. The zero-order valence-corrected chi connectivity index (χ0v) is 25.3. The molecule has 0 spiro atoms. The number of piperidine rings is 1. The summed E-state index contributed by atoms with van der Waals surface area (Å²) in [7, 11) is 0. The van der Waals surface area contributed by atoms with Gasteiger partial charge in [0.25, 0.3) is 5.92 Å². The number of fused-ring (bicyclic) bond motifs is 1. The summed E-state index contributed by atoms with van der Waals surface area (Å²) in [5, 5.41) is 18.3. The van der Waals surface area contributed by atoms with Crippen molar-refractivity contribution >= 4 is 28.4 Å². The van der Waals surface area contributed by atoms with Gasteiger partial charge in [0.2, 0.25) is 0 Å². The summed E-state index contributed by atoms with van der Waals surface area (Å²) in [6.07, 6.45) is 10.7. The van der Waals surface area contributed by atoms with E-state index in [9.17, 15) is 13.9 Å². The fourth-order valence-electron chi connectivity index (χ4n) is 6.72. The molecule has 236 valence electrons. The number of amidine groups is 1. The Balaban J connectivity index is 1.22. The number of nitrogens with two attached hydrogens (primary N) is 1. The van der Waals surface area contributed by atoms with Crippen molar-refractivity contribution in [2.24, 2.45) is 10.7 Å². The first-order valence-corrected chi connectivity index (χ1v) is 15.6. The van der Waals surface area contributed by atoms with Crippen LogP contribution in [0.1, 0.15) is 37.3 Å². The maximum absolute atomic E-state index is 13.5. The Labute approximate surface area is 260 Å². The Morgan fingerprint density at radius 2 is 1.98 bits per heavy atom. The van der Waals surface area contributed by atoms with Crippen LogP contribution in [0.3, 0.4) is 0 Å². The van der Waals surface area contributed by atoms with Crippen LogP contribution in [0.5, 0.6) is 5.75 Å². The Morgan fingerprint density at radius 3 is 2.71 bits per heavy atom. The van der Waals surface area contributed by atoms with Gasteiger partial charge in [-0.1, -0.05) is 6.92 Å². The Kier molecular flexibility index (Phi) is 7.78. The van der Waals surface area contributed by atoms with Gasteiger partial charge in [-0.2, -0.15) is 5.10 Å². The van der Waals surface area contributed by atoms with Crippen molar-refractivity contribution < 1.29 is 18.6 Å². The maximum Gasteiger partial charge on any atom is 0.272 e. The molecule has 0 radical (unpaired) electrons. The molecular formula is C33H38F2N8O2. The minimum absolute atomic E-state index is 0.114. The van der Waals surface area contributed by atoms with Crippen molar-refractivity contribution in [1.82, 2.24) is 19.5 Å². The van der Waals surface area contributed by atoms with E-state index in [1.165, 1.54) is 0 Å². The summed E-state index contributed by atoms with van der Waals surface area (Å²) in [5.41, 5.74) is 13.6. The average molecular weight is 617 g/mol. The minimum Gasteiger partial charge on any atom is -0.508 e. The number of aromatic hydroxyl groups is 1. The first-order chi connectivity index (χ1) is 21.8. The highest BCUT2D eigenvalue weighted by molar-refractivity contribution is 6.06. The smallest absolute Gasteiger partial charge is 0.272 e. The molecule has 0 amide bonds. The molecule has 0 aliphatic carbocycles. The van der Waals surface area contributed by atoms with Crippen LogP contribution in [-0.4, -0.2) is 87.8 Å². The quantitative estimate of drug-likeness (QED) is 0.191. The van der Waals surface area contributed by atoms with Gasteiger partial charge in [-0.15, -0.1) is 0 Å². The largest absolute Gasteiger partial charge is 0.508 e. The average Bonchev–Trinajstić information content (AvgIpc) is 3.71. The zero-order valence-electron chi connectivity index (χ0n) is 25.3. The maximum atomic E-state index is 13.5. The molecule has 3 aromatic heterocycles. The second-order valence-corrected chi connectivity index (χ2v) is 12.2. The van der Waals surface area contributed by atoms with Crippen molar-refractivity contribution in [2.45, 2.75) is 50.6 Å². The van der Waals surface area contributed by atoms with Crippen LogP contribution in [0.25, 0.3) is 16.6 Å². The van der Waals surface area contributed by atoms with E-state index in [1.807, 2.05) is 34.8 Å². The lowest BCUT2D eigenvalue weighted by molar-refractivity contribution is -0.148. The predicted octanol–water partition coefficient (Wildman–Crippen LogP) is 4.82. The minimum atomic E-state index is -2.54. The number of phenolic OH excluding ortho intramolecular Hbond substituents is 1. The van der Waals surface area contributed by atoms with E-state index in [4.69, 9.17) is 20.6 Å². The molecule has 10 nitrogen and oxygen atoms in total.